The molecule has 2 aromatic rings. The number of carbonyl (C=O) groups excluding carboxylic acids is 3. The third kappa shape index (κ3) is 4.20. The molecule has 0 saturated heterocycles. The molecule has 1 aromatic heterocycles. The third-order valence-corrected chi connectivity index (χ3v) is 4.01. The minimum absolute atomic E-state index is 0.00108. The molecular formula is C18H19N3O6. The number of H-pyrrole nitrogens is 1. The average Bonchev–Trinajstić information content (AvgIpc) is 2.89. The lowest BCUT2D eigenvalue weighted by molar-refractivity contribution is -0.383. The molecule has 1 heterocycles. The number of ketones is 1. The zero-order valence-corrected chi connectivity index (χ0v) is 15.3. The van der Waals surface area contributed by atoms with Crippen LogP contribution in [0.3, 0.4) is 0 Å². The Morgan fingerprint density at radius 3 is 2.41 bits per heavy atom. The lowest BCUT2D eigenvalue weighted by atomic mass is 10.1. The molecule has 0 aliphatic heterocycles. The van der Waals surface area contributed by atoms with Gasteiger partial charge in [0.25, 0.3) is 11.6 Å². The van der Waals surface area contributed by atoms with Gasteiger partial charge in [0, 0.05) is 17.3 Å². The summed E-state index contributed by atoms with van der Waals surface area (Å²) in [5.41, 5.74) is 1.19. The molecule has 0 saturated carbocycles. The molecule has 0 aliphatic rings. The number of anilines is 1. The van der Waals surface area contributed by atoms with Crippen LogP contribution in [-0.2, 0) is 9.53 Å². The zero-order valence-electron chi connectivity index (χ0n) is 15.3. The predicted molar refractivity (Wildman–Crippen MR) is 96.9 cm³/mol. The number of ether oxygens (including phenoxy) is 1. The van der Waals surface area contributed by atoms with Crippen molar-refractivity contribution in [2.45, 2.75) is 33.8 Å². The van der Waals surface area contributed by atoms with Gasteiger partial charge < -0.3 is 15.0 Å². The number of hydrogen-bond donors (Lipinski definition) is 2. The minimum Gasteiger partial charge on any atom is -0.448 e. The number of nitrogens with one attached hydrogen (secondary N) is 2. The maximum atomic E-state index is 12.3. The van der Waals surface area contributed by atoms with E-state index in [4.69, 9.17) is 4.74 Å². The van der Waals surface area contributed by atoms with E-state index in [0.29, 0.717) is 16.8 Å². The second-order valence-electron chi connectivity index (χ2n) is 5.99. The molecule has 1 unspecified atom stereocenters. The first-order valence-electron chi connectivity index (χ1n) is 8.08. The van der Waals surface area contributed by atoms with Crippen LogP contribution in [0.4, 0.5) is 11.4 Å². The first-order chi connectivity index (χ1) is 12.6. The van der Waals surface area contributed by atoms with E-state index < -0.39 is 22.9 Å². The summed E-state index contributed by atoms with van der Waals surface area (Å²) in [6.45, 7) is 6.00. The Morgan fingerprint density at radius 1 is 1.22 bits per heavy atom. The highest BCUT2D eigenvalue weighted by Crippen LogP contribution is 2.24. The number of aromatic amines is 1. The maximum Gasteiger partial charge on any atom is 0.355 e. The number of Topliss-reactive ketones (excluding diaryl/α,β-unsaturated/α-hetero) is 1. The Bertz CT molecular complexity index is 931. The Kier molecular flexibility index (Phi) is 5.74. The molecule has 2 rings (SSSR count). The fourth-order valence-corrected chi connectivity index (χ4v) is 2.73. The first kappa shape index (κ1) is 19.8. The van der Waals surface area contributed by atoms with E-state index in [1.54, 1.807) is 13.8 Å². The molecule has 0 fully saturated rings. The molecule has 0 spiro atoms. The molecule has 27 heavy (non-hydrogen) atoms. The van der Waals surface area contributed by atoms with Gasteiger partial charge in [-0.05, 0) is 39.3 Å². The Balaban J connectivity index is 2.13. The van der Waals surface area contributed by atoms with Crippen LogP contribution in [0.2, 0.25) is 0 Å². The minimum atomic E-state index is -1.21. The fourth-order valence-electron chi connectivity index (χ4n) is 2.73. The Labute approximate surface area is 154 Å². The van der Waals surface area contributed by atoms with Crippen molar-refractivity contribution in [2.75, 3.05) is 5.32 Å². The molecule has 1 aromatic carbocycles. The number of aromatic nitrogens is 1. The van der Waals surface area contributed by atoms with Crippen molar-refractivity contribution in [1.29, 1.82) is 0 Å². The lowest BCUT2D eigenvalue weighted by Gasteiger charge is -2.13. The number of nitrogens with zero attached hydrogens (tertiary/aromatic N) is 1. The number of benzene rings is 1. The number of aryl methyl sites for hydroxylation is 1. The summed E-state index contributed by atoms with van der Waals surface area (Å²) >= 11 is 0. The number of carbonyl (C=O) groups is 3. The van der Waals surface area contributed by atoms with E-state index in [0.717, 1.165) is 0 Å². The summed E-state index contributed by atoms with van der Waals surface area (Å²) in [4.78, 5) is 49.4. The van der Waals surface area contributed by atoms with Gasteiger partial charge in [0.2, 0.25) is 0 Å². The number of rotatable bonds is 6. The van der Waals surface area contributed by atoms with Gasteiger partial charge in [0.1, 0.15) is 11.4 Å². The molecule has 9 heteroatoms. The first-order valence-corrected chi connectivity index (χ1v) is 8.08. The van der Waals surface area contributed by atoms with E-state index in [9.17, 15) is 24.5 Å². The van der Waals surface area contributed by atoms with Crippen molar-refractivity contribution >= 4 is 29.0 Å². The van der Waals surface area contributed by atoms with Crippen molar-refractivity contribution in [2.24, 2.45) is 0 Å². The summed E-state index contributed by atoms with van der Waals surface area (Å²) in [5, 5.41) is 13.4. The Morgan fingerprint density at radius 2 is 1.85 bits per heavy atom. The summed E-state index contributed by atoms with van der Waals surface area (Å²) in [6.07, 6.45) is -1.21. The fraction of sp³-hybridized carbons (Fsp3) is 0.278. The van der Waals surface area contributed by atoms with Crippen LogP contribution >= 0.6 is 0 Å². The summed E-state index contributed by atoms with van der Waals surface area (Å²) in [5.74, 6) is -1.71. The molecule has 0 aliphatic carbocycles. The maximum absolute atomic E-state index is 12.3. The SMILES string of the molecule is CC(=O)c1c(C)[nH]c(C(=O)OC(C)C(=O)Nc2ccccc2[N+](=O)[O-])c1C. The average molecular weight is 373 g/mol. The van der Waals surface area contributed by atoms with Gasteiger partial charge in [-0.1, -0.05) is 12.1 Å². The smallest absolute Gasteiger partial charge is 0.355 e. The number of esters is 1. The Hall–Kier alpha value is -3.49. The summed E-state index contributed by atoms with van der Waals surface area (Å²) in [7, 11) is 0. The highest BCUT2D eigenvalue weighted by Gasteiger charge is 2.25. The van der Waals surface area contributed by atoms with Gasteiger partial charge >= 0.3 is 5.97 Å². The second-order valence-corrected chi connectivity index (χ2v) is 5.99. The van der Waals surface area contributed by atoms with Crippen LogP contribution in [0.15, 0.2) is 24.3 Å². The van der Waals surface area contributed by atoms with Gasteiger partial charge in [-0.15, -0.1) is 0 Å². The van der Waals surface area contributed by atoms with Crippen molar-refractivity contribution in [3.63, 3.8) is 0 Å². The topological polar surface area (TPSA) is 131 Å². The highest BCUT2D eigenvalue weighted by molar-refractivity contribution is 6.02. The quantitative estimate of drug-likeness (QED) is 0.346. The summed E-state index contributed by atoms with van der Waals surface area (Å²) in [6, 6.07) is 5.64. The number of hydrogen-bond acceptors (Lipinski definition) is 6. The standard InChI is InChI=1S/C18H19N3O6/c1-9-15(11(3)22)10(2)19-16(9)18(24)27-12(4)17(23)20-13-7-5-6-8-14(13)21(25)26/h5-8,12,19H,1-4H3,(H,20,23). The van der Waals surface area contributed by atoms with Crippen LogP contribution in [0.25, 0.3) is 0 Å². The van der Waals surface area contributed by atoms with Crippen molar-refractivity contribution in [1.82, 2.24) is 4.98 Å². The van der Waals surface area contributed by atoms with Gasteiger partial charge in [-0.3, -0.25) is 19.7 Å². The van der Waals surface area contributed by atoms with E-state index in [-0.39, 0.29) is 22.9 Å². The van der Waals surface area contributed by atoms with Crippen molar-refractivity contribution < 1.29 is 24.0 Å². The van der Waals surface area contributed by atoms with Crippen LogP contribution < -0.4 is 5.32 Å². The second kappa shape index (κ2) is 7.81. The van der Waals surface area contributed by atoms with Crippen LogP contribution in [0.5, 0.6) is 0 Å². The number of nitro groups is 1. The van der Waals surface area contributed by atoms with Gasteiger partial charge in [-0.25, -0.2) is 4.79 Å². The van der Waals surface area contributed by atoms with Crippen molar-refractivity contribution in [3.8, 4) is 0 Å². The molecular weight excluding hydrogens is 354 g/mol. The van der Waals surface area contributed by atoms with Gasteiger partial charge in [-0.2, -0.15) is 0 Å². The molecule has 0 radical (unpaired) electrons. The molecule has 142 valence electrons. The molecule has 9 nitrogen and oxygen atoms in total. The van der Waals surface area contributed by atoms with E-state index in [2.05, 4.69) is 10.3 Å². The van der Waals surface area contributed by atoms with Crippen LogP contribution in [0.1, 0.15) is 46.0 Å². The number of nitro benzene ring substituents is 1. The van der Waals surface area contributed by atoms with Crippen LogP contribution in [-0.4, -0.2) is 33.7 Å². The molecule has 0 bridgehead atoms. The van der Waals surface area contributed by atoms with E-state index in [1.165, 1.54) is 38.1 Å². The highest BCUT2D eigenvalue weighted by atomic mass is 16.6. The monoisotopic (exact) mass is 373 g/mol. The van der Waals surface area contributed by atoms with Gasteiger partial charge in [0.05, 0.1) is 4.92 Å². The van der Waals surface area contributed by atoms with Crippen LogP contribution in [0, 0.1) is 24.0 Å². The predicted octanol–water partition coefficient (Wildman–Crippen LogP) is 2.93. The molecule has 1 atom stereocenters. The van der Waals surface area contributed by atoms with E-state index >= 15 is 0 Å². The molecule has 2 N–H and O–H groups in total. The van der Waals surface area contributed by atoms with E-state index in [1.807, 2.05) is 0 Å². The van der Waals surface area contributed by atoms with Crippen molar-refractivity contribution in [3.05, 3.63) is 56.9 Å². The van der Waals surface area contributed by atoms with Gasteiger partial charge in [0.15, 0.2) is 11.9 Å². The number of para-hydroxylation sites is 2. The number of amides is 1. The normalized spacial score (nSPS) is 11.6. The lowest BCUT2D eigenvalue weighted by Crippen LogP contribution is -2.30. The summed E-state index contributed by atoms with van der Waals surface area (Å²) < 4.78 is 5.14. The zero-order chi connectivity index (χ0) is 20.3. The largest absolute Gasteiger partial charge is 0.448 e. The molecule has 1 amide bonds. The third-order valence-electron chi connectivity index (χ3n) is 4.01.